The van der Waals surface area contributed by atoms with Crippen LogP contribution in [0.25, 0.3) is 0 Å². The molecule has 1 saturated carbocycles. The Hall–Kier alpha value is -2.14. The molecule has 1 aromatic carbocycles. The second-order valence-corrected chi connectivity index (χ2v) is 7.18. The number of benzene rings is 1. The van der Waals surface area contributed by atoms with Crippen LogP contribution in [-0.4, -0.2) is 30.6 Å². The van der Waals surface area contributed by atoms with E-state index in [0.717, 1.165) is 25.8 Å². The van der Waals surface area contributed by atoms with Crippen LogP contribution >= 0.6 is 11.6 Å². The number of hydrogen-bond donors (Lipinski definition) is 3. The highest BCUT2D eigenvalue weighted by atomic mass is 35.5. The van der Waals surface area contributed by atoms with Gasteiger partial charge in [-0.25, -0.2) is 0 Å². The molecule has 1 heterocycles. The topological polar surface area (TPSA) is 103 Å². The number of nitriles is 1. The Morgan fingerprint density at radius 1 is 1.42 bits per heavy atom. The molecule has 2 aliphatic rings. The number of carbonyl (C=O) groups excluding carboxylic acids is 2. The largest absolute Gasteiger partial charge is 0.452 e. The molecule has 26 heavy (non-hydrogen) atoms. The zero-order valence-corrected chi connectivity index (χ0v) is 15.2. The number of rotatable bonds is 4. The number of halogens is 1. The second-order valence-electron chi connectivity index (χ2n) is 6.78. The van der Waals surface area contributed by atoms with Crippen LogP contribution < -0.4 is 16.2 Å². The summed E-state index contributed by atoms with van der Waals surface area (Å²) < 4.78 is 5.36. The smallest absolute Gasteiger partial charge is 0.309 e. The fourth-order valence-corrected chi connectivity index (χ4v) is 3.66. The van der Waals surface area contributed by atoms with Crippen molar-refractivity contribution in [1.29, 1.82) is 5.26 Å². The molecule has 8 heteroatoms. The highest BCUT2D eigenvalue weighted by Crippen LogP contribution is 2.31. The summed E-state index contributed by atoms with van der Waals surface area (Å²) in [5.41, 5.74) is 7.10. The number of carbonyl (C=O) groups is 2. The summed E-state index contributed by atoms with van der Waals surface area (Å²) in [5.74, 6) is -0.407. The summed E-state index contributed by atoms with van der Waals surface area (Å²) in [5, 5.41) is 11.8. The second kappa shape index (κ2) is 8.04. The van der Waals surface area contributed by atoms with E-state index in [1.807, 2.05) is 6.07 Å². The first-order chi connectivity index (χ1) is 12.5. The van der Waals surface area contributed by atoms with Gasteiger partial charge < -0.3 is 10.1 Å². The van der Waals surface area contributed by atoms with E-state index < -0.39 is 12.0 Å². The Labute approximate surface area is 157 Å². The van der Waals surface area contributed by atoms with Crippen LogP contribution in [-0.2, 0) is 14.3 Å². The Morgan fingerprint density at radius 3 is 2.96 bits per heavy atom. The van der Waals surface area contributed by atoms with Gasteiger partial charge in [0.15, 0.2) is 6.10 Å². The quantitative estimate of drug-likeness (QED) is 0.694. The fourth-order valence-electron chi connectivity index (χ4n) is 3.44. The van der Waals surface area contributed by atoms with Crippen LogP contribution in [0, 0.1) is 23.2 Å². The number of nitrogens with zero attached hydrogens (tertiary/aromatic N) is 1. The van der Waals surface area contributed by atoms with Crippen molar-refractivity contribution in [3.05, 3.63) is 28.8 Å². The maximum Gasteiger partial charge on any atom is 0.309 e. The zero-order valence-electron chi connectivity index (χ0n) is 14.4. The van der Waals surface area contributed by atoms with E-state index in [1.165, 1.54) is 12.1 Å². The summed E-state index contributed by atoms with van der Waals surface area (Å²) >= 11 is 5.95. The van der Waals surface area contributed by atoms with Crippen molar-refractivity contribution in [1.82, 2.24) is 10.9 Å². The van der Waals surface area contributed by atoms with Gasteiger partial charge in [-0.05, 0) is 50.3 Å². The molecule has 1 amide bonds. The molecule has 3 rings (SSSR count). The van der Waals surface area contributed by atoms with Gasteiger partial charge in [-0.1, -0.05) is 11.6 Å². The number of esters is 1. The van der Waals surface area contributed by atoms with E-state index in [-0.39, 0.29) is 23.0 Å². The van der Waals surface area contributed by atoms with E-state index in [0.29, 0.717) is 17.2 Å². The number of amides is 1. The molecule has 1 aliphatic heterocycles. The maximum atomic E-state index is 12.4. The van der Waals surface area contributed by atoms with Crippen LogP contribution in [0.3, 0.4) is 0 Å². The lowest BCUT2D eigenvalue weighted by molar-refractivity contribution is -0.158. The van der Waals surface area contributed by atoms with Crippen LogP contribution in [0.5, 0.6) is 0 Å². The van der Waals surface area contributed by atoms with E-state index in [4.69, 9.17) is 21.6 Å². The van der Waals surface area contributed by atoms with Gasteiger partial charge in [0.05, 0.1) is 16.5 Å². The van der Waals surface area contributed by atoms with Crippen molar-refractivity contribution in [2.75, 3.05) is 11.9 Å². The summed E-state index contributed by atoms with van der Waals surface area (Å²) in [7, 11) is 0. The van der Waals surface area contributed by atoms with Crippen LogP contribution in [0.2, 0.25) is 5.02 Å². The predicted molar refractivity (Wildman–Crippen MR) is 96.1 cm³/mol. The van der Waals surface area contributed by atoms with Gasteiger partial charge >= 0.3 is 5.97 Å². The van der Waals surface area contributed by atoms with Crippen molar-refractivity contribution in [3.8, 4) is 6.07 Å². The Morgan fingerprint density at radius 2 is 2.23 bits per heavy atom. The molecule has 0 aromatic heterocycles. The minimum Gasteiger partial charge on any atom is -0.452 e. The van der Waals surface area contributed by atoms with Gasteiger partial charge in [0.25, 0.3) is 5.91 Å². The third kappa shape index (κ3) is 4.15. The molecular formula is C18H21ClN4O3. The van der Waals surface area contributed by atoms with Crippen LogP contribution in [0.4, 0.5) is 5.69 Å². The third-order valence-corrected chi connectivity index (χ3v) is 5.31. The van der Waals surface area contributed by atoms with Gasteiger partial charge in [-0.15, -0.1) is 0 Å². The molecule has 1 saturated heterocycles. The number of anilines is 1. The molecule has 4 unspecified atom stereocenters. The van der Waals surface area contributed by atoms with E-state index >= 15 is 0 Å². The fraction of sp³-hybridized carbons (Fsp3) is 0.500. The summed E-state index contributed by atoms with van der Waals surface area (Å²) in [6.45, 7) is 2.47. The Kier molecular flexibility index (Phi) is 5.77. The van der Waals surface area contributed by atoms with E-state index in [9.17, 15) is 9.59 Å². The SMILES string of the molecule is CC(OC(=O)C1CCC2CNNC2C1)C(=O)Nc1ccc(C#N)c(Cl)c1. The molecule has 0 bridgehead atoms. The van der Waals surface area contributed by atoms with E-state index in [2.05, 4.69) is 16.2 Å². The molecule has 0 radical (unpaired) electrons. The predicted octanol–water partition coefficient (Wildman–Crippen LogP) is 1.97. The lowest BCUT2D eigenvalue weighted by Gasteiger charge is -2.30. The number of fused-ring (bicyclic) bond motifs is 1. The summed E-state index contributed by atoms with van der Waals surface area (Å²) in [6.07, 6.45) is 1.55. The average molecular weight is 377 g/mol. The number of ether oxygens (including phenoxy) is 1. The first kappa shape index (κ1) is 18.6. The minimum absolute atomic E-state index is 0.191. The highest BCUT2D eigenvalue weighted by molar-refractivity contribution is 6.32. The first-order valence-electron chi connectivity index (χ1n) is 8.67. The molecule has 138 valence electrons. The van der Waals surface area contributed by atoms with Gasteiger partial charge in [0, 0.05) is 18.3 Å². The van der Waals surface area contributed by atoms with Gasteiger partial charge in [-0.2, -0.15) is 5.26 Å². The number of nitrogens with one attached hydrogen (secondary N) is 3. The summed E-state index contributed by atoms with van der Waals surface area (Å²) in [6, 6.07) is 6.83. The minimum atomic E-state index is -0.913. The van der Waals surface area contributed by atoms with Crippen molar-refractivity contribution >= 4 is 29.2 Å². The maximum absolute atomic E-state index is 12.4. The molecule has 4 atom stereocenters. The first-order valence-corrected chi connectivity index (χ1v) is 9.05. The zero-order chi connectivity index (χ0) is 18.7. The average Bonchev–Trinajstić information content (AvgIpc) is 3.09. The molecule has 3 N–H and O–H groups in total. The van der Waals surface area contributed by atoms with Crippen LogP contribution in [0.1, 0.15) is 31.7 Å². The van der Waals surface area contributed by atoms with Gasteiger partial charge in [-0.3, -0.25) is 20.4 Å². The molecule has 2 fully saturated rings. The molecular weight excluding hydrogens is 356 g/mol. The lowest BCUT2D eigenvalue weighted by atomic mass is 9.79. The van der Waals surface area contributed by atoms with Crippen molar-refractivity contribution in [2.24, 2.45) is 11.8 Å². The summed E-state index contributed by atoms with van der Waals surface area (Å²) in [4.78, 5) is 24.6. The Balaban J connectivity index is 1.53. The number of hydrazine groups is 1. The molecule has 1 aliphatic carbocycles. The van der Waals surface area contributed by atoms with Crippen molar-refractivity contribution in [2.45, 2.75) is 38.3 Å². The lowest BCUT2D eigenvalue weighted by Crippen LogP contribution is -2.40. The monoisotopic (exact) mass is 376 g/mol. The Bertz CT molecular complexity index is 748. The molecule has 1 aromatic rings. The van der Waals surface area contributed by atoms with E-state index in [1.54, 1.807) is 13.0 Å². The standard InChI is InChI=1S/C18H21ClN4O3/c1-10(17(24)22-14-5-4-12(8-20)15(19)7-14)26-18(25)11-2-3-13-9-21-23-16(13)6-11/h4-5,7,10-11,13,16,21,23H,2-3,6,9H2,1H3,(H,22,24). The van der Waals surface area contributed by atoms with Gasteiger partial charge in [0.2, 0.25) is 0 Å². The van der Waals surface area contributed by atoms with Crippen molar-refractivity contribution in [3.63, 3.8) is 0 Å². The molecule has 0 spiro atoms. The van der Waals surface area contributed by atoms with Crippen molar-refractivity contribution < 1.29 is 14.3 Å². The normalized spacial score (nSPS) is 25.7. The molecule has 7 nitrogen and oxygen atoms in total. The van der Waals surface area contributed by atoms with Gasteiger partial charge in [0.1, 0.15) is 6.07 Å². The van der Waals surface area contributed by atoms with Crippen LogP contribution in [0.15, 0.2) is 18.2 Å². The third-order valence-electron chi connectivity index (χ3n) is 5.00. The number of hydrogen-bond acceptors (Lipinski definition) is 6. The highest BCUT2D eigenvalue weighted by Gasteiger charge is 2.37.